The van der Waals surface area contributed by atoms with Gasteiger partial charge in [0.25, 0.3) is 5.91 Å². The number of piperidine rings is 1. The normalized spacial score (nSPS) is 20.3. The molecular weight excluding hydrogens is 814 g/mol. The Labute approximate surface area is 374 Å². The molecule has 0 spiro atoms. The van der Waals surface area contributed by atoms with E-state index < -0.39 is 0 Å². The van der Waals surface area contributed by atoms with Gasteiger partial charge in [0.1, 0.15) is 23.7 Å². The zero-order chi connectivity index (χ0) is 44.0. The van der Waals surface area contributed by atoms with E-state index in [1.165, 1.54) is 5.56 Å². The average molecular weight is 868 g/mol. The first-order valence-electron chi connectivity index (χ1n) is 21.6. The summed E-state index contributed by atoms with van der Waals surface area (Å²) in [4.78, 5) is 36.5. The van der Waals surface area contributed by atoms with Crippen molar-refractivity contribution in [3.63, 3.8) is 0 Å². The molecule has 13 nitrogen and oxygen atoms in total. The molecule has 6 bridgehead atoms. The van der Waals surface area contributed by atoms with E-state index in [0.717, 1.165) is 74.7 Å². The topological polar surface area (TPSA) is 151 Å². The fraction of sp³-hybridized carbons (Fsp3) is 0.388. The van der Waals surface area contributed by atoms with E-state index >= 15 is 0 Å². The zero-order valence-electron chi connectivity index (χ0n) is 36.3. The second-order valence-corrected chi connectivity index (χ2v) is 18.0. The maximum atomic E-state index is 13.5. The van der Waals surface area contributed by atoms with E-state index in [1.807, 2.05) is 36.4 Å². The Morgan fingerprint density at radius 2 is 1.78 bits per heavy atom. The molecule has 1 amide bonds. The van der Waals surface area contributed by atoms with Crippen LogP contribution in [0.5, 0.6) is 11.5 Å². The van der Waals surface area contributed by atoms with Crippen LogP contribution in [0.25, 0.3) is 11.3 Å². The quantitative estimate of drug-likeness (QED) is 0.137. The van der Waals surface area contributed by atoms with Crippen LogP contribution in [0.4, 0.5) is 17.6 Å². The Kier molecular flexibility index (Phi) is 13.2. The third-order valence-electron chi connectivity index (χ3n) is 12.3. The molecule has 14 heteroatoms. The van der Waals surface area contributed by atoms with E-state index in [2.05, 4.69) is 99.5 Å². The van der Waals surface area contributed by atoms with Crippen LogP contribution in [0.2, 0.25) is 5.02 Å². The number of rotatable bonds is 9. The number of carbonyl (C=O) groups is 1. The first kappa shape index (κ1) is 43.6. The lowest BCUT2D eigenvalue weighted by atomic mass is 9.49. The Morgan fingerprint density at radius 3 is 2.56 bits per heavy atom. The standard InChI is InChI=1S/C49H54ClN9O4/c1-48(2)44(49(3,4)45(48)63-40-15-14-35(29-51)41(50)28-40)57-43(60)36-30-53-47(54-31-36)59-21-17-38(18-22-59)62-25-23-58-20-6-5-7-24-61-39-13-9-11-34(27-39)42-16-19-52-46(56-42)55-37-12-8-10-33(26-37)32-58/h5-6,8-16,19,26-28,30-31,38,44-45H,7,17-18,20-25,32H2,1-4H3,(H,57,60)(H,52,55,56)/b6-5-. The van der Waals surface area contributed by atoms with Crippen LogP contribution in [0, 0.1) is 22.2 Å². The van der Waals surface area contributed by atoms with Crippen molar-refractivity contribution in [1.29, 1.82) is 5.26 Å². The summed E-state index contributed by atoms with van der Waals surface area (Å²) in [6, 6.07) is 25.3. The number of nitrogens with one attached hydrogen (secondary N) is 2. The van der Waals surface area contributed by atoms with Gasteiger partial charge in [0.2, 0.25) is 11.9 Å². The average Bonchev–Trinajstić information content (AvgIpc) is 3.28. The van der Waals surface area contributed by atoms with E-state index in [1.54, 1.807) is 36.8 Å². The number of nitrogens with zero attached hydrogens (tertiary/aromatic N) is 7. The Bertz CT molecular complexity index is 2450. The minimum atomic E-state index is -0.385. The monoisotopic (exact) mass is 867 g/mol. The van der Waals surface area contributed by atoms with Crippen LogP contribution in [-0.2, 0) is 11.3 Å². The lowest BCUT2D eigenvalue weighted by Crippen LogP contribution is -2.74. The van der Waals surface area contributed by atoms with Gasteiger partial charge in [0, 0.05) is 85.5 Å². The van der Waals surface area contributed by atoms with Crippen LogP contribution < -0.4 is 25.0 Å². The highest BCUT2D eigenvalue weighted by molar-refractivity contribution is 6.31. The molecule has 3 aromatic carbocycles. The van der Waals surface area contributed by atoms with Crippen molar-refractivity contribution in [2.24, 2.45) is 10.8 Å². The molecule has 0 unspecified atom stereocenters. The van der Waals surface area contributed by atoms with Crippen LogP contribution in [0.15, 0.2) is 104 Å². The minimum Gasteiger partial charge on any atom is -0.493 e. The molecule has 3 aliphatic rings. The smallest absolute Gasteiger partial charge is 0.254 e. The van der Waals surface area contributed by atoms with Crippen molar-refractivity contribution in [2.75, 3.05) is 49.6 Å². The number of halogens is 1. The van der Waals surface area contributed by atoms with E-state index in [9.17, 15) is 10.1 Å². The molecule has 326 valence electrons. The summed E-state index contributed by atoms with van der Waals surface area (Å²) >= 11 is 6.26. The summed E-state index contributed by atoms with van der Waals surface area (Å²) in [5, 5.41) is 16.2. The van der Waals surface area contributed by atoms with Crippen molar-refractivity contribution < 1.29 is 19.0 Å². The number of anilines is 3. The number of nitriles is 1. The highest BCUT2D eigenvalue weighted by Gasteiger charge is 2.64. The number of hydrogen-bond donors (Lipinski definition) is 2. The summed E-state index contributed by atoms with van der Waals surface area (Å²) in [7, 11) is 0. The first-order valence-corrected chi connectivity index (χ1v) is 22.0. The van der Waals surface area contributed by atoms with Crippen LogP contribution in [-0.4, -0.2) is 88.4 Å². The predicted octanol–water partition coefficient (Wildman–Crippen LogP) is 8.64. The summed E-state index contributed by atoms with van der Waals surface area (Å²) in [5.41, 5.74) is 3.94. The SMILES string of the molecule is CC1(C)C(NC(=O)c2cnc(N3CCC(OCCN4C/C=C\CCOc5cccc(c5)-c5ccnc(n5)Nc5cccc(c5)C4)CC3)nc2)C(C)(C)C1Oc1ccc(C#N)c(Cl)c1. The third kappa shape index (κ3) is 10.3. The fourth-order valence-corrected chi connectivity index (χ4v) is 9.48. The number of fused-ring (bicyclic) bond motifs is 7. The Morgan fingerprint density at radius 1 is 0.984 bits per heavy atom. The highest BCUT2D eigenvalue weighted by atomic mass is 35.5. The van der Waals surface area contributed by atoms with Gasteiger partial charge in [0.15, 0.2) is 0 Å². The molecule has 2 N–H and O–H groups in total. The molecule has 2 fully saturated rings. The number of amides is 1. The molecule has 1 saturated heterocycles. The second-order valence-electron chi connectivity index (χ2n) is 17.6. The van der Waals surface area contributed by atoms with Crippen molar-refractivity contribution in [2.45, 2.75) is 71.8 Å². The summed E-state index contributed by atoms with van der Waals surface area (Å²) in [6.07, 6.45) is 11.8. The maximum absolute atomic E-state index is 13.5. The number of aromatic nitrogens is 4. The molecular formula is C49H54ClN9O4. The van der Waals surface area contributed by atoms with Crippen LogP contribution in [0.1, 0.15) is 68.4 Å². The lowest BCUT2D eigenvalue weighted by Gasteiger charge is -2.63. The number of benzene rings is 3. The van der Waals surface area contributed by atoms with E-state index in [0.29, 0.717) is 47.0 Å². The van der Waals surface area contributed by atoms with Crippen molar-refractivity contribution in [1.82, 2.24) is 30.2 Å². The predicted molar refractivity (Wildman–Crippen MR) is 244 cm³/mol. The first-order chi connectivity index (χ1) is 30.5. The summed E-state index contributed by atoms with van der Waals surface area (Å²) in [5.74, 6) is 2.32. The van der Waals surface area contributed by atoms with Gasteiger partial charge in [-0.1, -0.05) is 75.7 Å². The summed E-state index contributed by atoms with van der Waals surface area (Å²) < 4.78 is 18.9. The molecule has 2 aromatic heterocycles. The molecule has 0 atom stereocenters. The molecule has 8 rings (SSSR count). The largest absolute Gasteiger partial charge is 0.493 e. The van der Waals surface area contributed by atoms with Crippen molar-refractivity contribution >= 4 is 35.1 Å². The lowest BCUT2D eigenvalue weighted by molar-refractivity contribution is -0.164. The molecule has 1 saturated carbocycles. The van der Waals surface area contributed by atoms with Crippen molar-refractivity contribution in [3.8, 4) is 28.8 Å². The van der Waals surface area contributed by atoms with E-state index in [4.69, 9.17) is 30.8 Å². The summed E-state index contributed by atoms with van der Waals surface area (Å²) in [6.45, 7) is 13.3. The van der Waals surface area contributed by atoms with Crippen molar-refractivity contribution in [3.05, 3.63) is 125 Å². The Balaban J connectivity index is 0.817. The van der Waals surface area contributed by atoms with Gasteiger partial charge in [-0.25, -0.2) is 19.9 Å². The molecule has 63 heavy (non-hydrogen) atoms. The van der Waals surface area contributed by atoms with Gasteiger partial charge in [-0.15, -0.1) is 0 Å². The number of ether oxygens (including phenoxy) is 3. The van der Waals surface area contributed by atoms with Crippen LogP contribution in [0.3, 0.4) is 0 Å². The van der Waals surface area contributed by atoms with Gasteiger partial charge < -0.3 is 29.7 Å². The third-order valence-corrected chi connectivity index (χ3v) is 12.6. The fourth-order valence-electron chi connectivity index (χ4n) is 9.26. The van der Waals surface area contributed by atoms with E-state index in [-0.39, 0.29) is 35.0 Å². The maximum Gasteiger partial charge on any atom is 0.254 e. The van der Waals surface area contributed by atoms with Gasteiger partial charge in [-0.05, 0) is 67.3 Å². The molecule has 4 heterocycles. The van der Waals surface area contributed by atoms with Gasteiger partial charge in [0.05, 0.1) is 41.2 Å². The zero-order valence-corrected chi connectivity index (χ0v) is 37.0. The Hall–Kier alpha value is -6.07. The van der Waals surface area contributed by atoms with Crippen LogP contribution >= 0.6 is 11.6 Å². The number of hydrogen-bond acceptors (Lipinski definition) is 12. The van der Waals surface area contributed by atoms with Gasteiger partial charge in [-0.2, -0.15) is 5.26 Å². The highest BCUT2D eigenvalue weighted by Crippen LogP contribution is 2.55. The minimum absolute atomic E-state index is 0.136. The molecule has 5 aromatic rings. The second kappa shape index (κ2) is 19.1. The molecule has 1 aliphatic carbocycles. The molecule has 2 aliphatic heterocycles. The molecule has 0 radical (unpaired) electrons. The van der Waals surface area contributed by atoms with Gasteiger partial charge in [-0.3, -0.25) is 9.69 Å². The van der Waals surface area contributed by atoms with Gasteiger partial charge >= 0.3 is 0 Å². The number of carbonyl (C=O) groups excluding carboxylic acids is 1.